The minimum Gasteiger partial charge on any atom is -0.486 e. The van der Waals surface area contributed by atoms with Gasteiger partial charge in [-0.05, 0) is 47.9 Å². The smallest absolute Gasteiger partial charge is 0.148 e. The van der Waals surface area contributed by atoms with E-state index in [1.165, 1.54) is 5.56 Å². The molecule has 0 aliphatic heterocycles. The second-order valence-electron chi connectivity index (χ2n) is 6.48. The molecule has 0 unspecified atom stereocenters. The third kappa shape index (κ3) is 3.83. The second-order valence-corrected chi connectivity index (χ2v) is 6.89. The van der Waals surface area contributed by atoms with E-state index < -0.39 is 0 Å². The quantitative estimate of drug-likeness (QED) is 0.420. The summed E-state index contributed by atoms with van der Waals surface area (Å²) in [7, 11) is 0. The Hall–Kier alpha value is -2.78. The third-order valence-corrected chi connectivity index (χ3v) is 5.09. The van der Waals surface area contributed by atoms with Crippen molar-refractivity contribution in [3.05, 3.63) is 94.8 Å². The summed E-state index contributed by atoms with van der Waals surface area (Å²) < 4.78 is 8.19. The Morgan fingerprint density at radius 1 is 0.926 bits per heavy atom. The number of ether oxygens (including phenoxy) is 1. The first-order chi connectivity index (χ1) is 13.2. The molecule has 0 saturated carbocycles. The van der Waals surface area contributed by atoms with Gasteiger partial charge in [0.2, 0.25) is 0 Å². The topological polar surface area (TPSA) is 27.1 Å². The average molecular weight is 377 g/mol. The van der Waals surface area contributed by atoms with Gasteiger partial charge in [0.25, 0.3) is 0 Å². The van der Waals surface area contributed by atoms with Gasteiger partial charge in [-0.15, -0.1) is 0 Å². The van der Waals surface area contributed by atoms with Crippen LogP contribution in [-0.4, -0.2) is 9.55 Å². The molecule has 4 rings (SSSR count). The van der Waals surface area contributed by atoms with E-state index in [9.17, 15) is 0 Å². The summed E-state index contributed by atoms with van der Waals surface area (Å²) in [6, 6.07) is 24.3. The first-order valence-electron chi connectivity index (χ1n) is 9.14. The van der Waals surface area contributed by atoms with Crippen LogP contribution in [0.15, 0.2) is 72.8 Å². The number of imidazole rings is 1. The van der Waals surface area contributed by atoms with Crippen molar-refractivity contribution in [2.45, 2.75) is 26.5 Å². The molecular weight excluding hydrogens is 356 g/mol. The monoisotopic (exact) mass is 376 g/mol. The molecule has 1 heterocycles. The lowest BCUT2D eigenvalue weighted by molar-refractivity contribution is 0.291. The van der Waals surface area contributed by atoms with Gasteiger partial charge in [-0.25, -0.2) is 4.98 Å². The molecule has 136 valence electrons. The summed E-state index contributed by atoms with van der Waals surface area (Å²) in [5.41, 5.74) is 4.41. The van der Waals surface area contributed by atoms with E-state index in [1.807, 2.05) is 54.6 Å². The molecule has 4 heteroatoms. The van der Waals surface area contributed by atoms with E-state index in [0.29, 0.717) is 13.2 Å². The van der Waals surface area contributed by atoms with Crippen LogP contribution in [0.3, 0.4) is 0 Å². The van der Waals surface area contributed by atoms with E-state index in [4.69, 9.17) is 21.3 Å². The van der Waals surface area contributed by atoms with Crippen molar-refractivity contribution < 1.29 is 4.74 Å². The zero-order valence-electron chi connectivity index (χ0n) is 15.2. The van der Waals surface area contributed by atoms with Gasteiger partial charge in [0.1, 0.15) is 18.2 Å². The van der Waals surface area contributed by atoms with Crippen molar-refractivity contribution in [2.75, 3.05) is 0 Å². The molecule has 0 radical (unpaired) electrons. The molecule has 3 aromatic carbocycles. The van der Waals surface area contributed by atoms with E-state index in [-0.39, 0.29) is 0 Å². The average Bonchev–Trinajstić information content (AvgIpc) is 3.06. The Kier molecular flexibility index (Phi) is 5.12. The molecule has 0 amide bonds. The normalized spacial score (nSPS) is 11.0. The fourth-order valence-corrected chi connectivity index (χ4v) is 3.37. The van der Waals surface area contributed by atoms with Gasteiger partial charge in [0, 0.05) is 5.02 Å². The maximum atomic E-state index is 6.38. The molecular formula is C23H21ClN2O. The van der Waals surface area contributed by atoms with Gasteiger partial charge in [-0.1, -0.05) is 61.0 Å². The molecule has 0 aliphatic carbocycles. The number of hydrogen-bond donors (Lipinski definition) is 0. The van der Waals surface area contributed by atoms with Crippen LogP contribution in [0.25, 0.3) is 11.0 Å². The van der Waals surface area contributed by atoms with E-state index >= 15 is 0 Å². The first kappa shape index (κ1) is 17.6. The predicted octanol–water partition coefficient (Wildman–Crippen LogP) is 5.88. The largest absolute Gasteiger partial charge is 0.486 e. The minimum atomic E-state index is 0.407. The molecule has 0 N–H and O–H groups in total. The van der Waals surface area contributed by atoms with Crippen LogP contribution < -0.4 is 4.74 Å². The lowest BCUT2D eigenvalue weighted by Gasteiger charge is -2.12. The van der Waals surface area contributed by atoms with Gasteiger partial charge in [0.05, 0.1) is 17.6 Å². The molecule has 0 atom stereocenters. The lowest BCUT2D eigenvalue weighted by Crippen LogP contribution is -2.08. The highest BCUT2D eigenvalue weighted by Gasteiger charge is 2.13. The van der Waals surface area contributed by atoms with E-state index in [0.717, 1.165) is 39.6 Å². The van der Waals surface area contributed by atoms with E-state index in [2.05, 4.69) is 29.7 Å². The number of halogens is 1. The summed E-state index contributed by atoms with van der Waals surface area (Å²) >= 11 is 6.38. The van der Waals surface area contributed by atoms with Crippen LogP contribution >= 0.6 is 11.6 Å². The number of hydrogen-bond acceptors (Lipinski definition) is 2. The van der Waals surface area contributed by atoms with Crippen LogP contribution in [0.2, 0.25) is 5.02 Å². The van der Waals surface area contributed by atoms with Gasteiger partial charge in [-0.2, -0.15) is 0 Å². The summed E-state index contributed by atoms with van der Waals surface area (Å²) in [4.78, 5) is 4.78. The Bertz CT molecular complexity index is 1050. The van der Waals surface area contributed by atoms with Crippen LogP contribution in [-0.2, 0) is 19.6 Å². The molecule has 1 aromatic heterocycles. The van der Waals surface area contributed by atoms with Crippen molar-refractivity contribution in [3.8, 4) is 5.75 Å². The summed E-state index contributed by atoms with van der Waals surface area (Å²) in [5, 5.41) is 0.761. The van der Waals surface area contributed by atoms with Crippen molar-refractivity contribution in [3.63, 3.8) is 0 Å². The molecule has 0 fully saturated rings. The minimum absolute atomic E-state index is 0.407. The Morgan fingerprint density at radius 2 is 1.67 bits per heavy atom. The summed E-state index contributed by atoms with van der Waals surface area (Å²) in [5.74, 6) is 1.74. The highest BCUT2D eigenvalue weighted by Crippen LogP contribution is 2.23. The highest BCUT2D eigenvalue weighted by atomic mass is 35.5. The fraction of sp³-hybridized carbons (Fsp3) is 0.174. The lowest BCUT2D eigenvalue weighted by atomic mass is 10.2. The van der Waals surface area contributed by atoms with Gasteiger partial charge in [-0.3, -0.25) is 0 Å². The van der Waals surface area contributed by atoms with E-state index in [1.54, 1.807) is 0 Å². The molecule has 3 nitrogen and oxygen atoms in total. The predicted molar refractivity (Wildman–Crippen MR) is 110 cm³/mol. The number of benzene rings is 3. The van der Waals surface area contributed by atoms with Crippen LogP contribution in [0.5, 0.6) is 5.75 Å². The van der Waals surface area contributed by atoms with Crippen LogP contribution in [0.4, 0.5) is 0 Å². The molecule has 0 saturated heterocycles. The fourth-order valence-electron chi connectivity index (χ4n) is 3.18. The molecule has 0 bridgehead atoms. The molecule has 27 heavy (non-hydrogen) atoms. The van der Waals surface area contributed by atoms with Gasteiger partial charge in [0.15, 0.2) is 0 Å². The number of rotatable bonds is 6. The Labute approximate surface area is 164 Å². The Balaban J connectivity index is 1.64. The first-order valence-corrected chi connectivity index (χ1v) is 9.51. The second kappa shape index (κ2) is 7.85. The summed E-state index contributed by atoms with van der Waals surface area (Å²) in [6.45, 7) is 3.21. The number of fused-ring (bicyclic) bond motifs is 1. The van der Waals surface area contributed by atoms with Gasteiger partial charge < -0.3 is 9.30 Å². The van der Waals surface area contributed by atoms with Crippen molar-refractivity contribution in [1.82, 2.24) is 9.55 Å². The number of aryl methyl sites for hydroxylation is 1. The molecule has 4 aromatic rings. The SMILES string of the molecule is CCc1ccc(OCc2nc3ccccc3n2Cc2ccccc2Cl)cc1. The highest BCUT2D eigenvalue weighted by molar-refractivity contribution is 6.31. The molecule has 0 aliphatic rings. The van der Waals surface area contributed by atoms with Crippen molar-refractivity contribution >= 4 is 22.6 Å². The zero-order chi connectivity index (χ0) is 18.6. The number of nitrogens with zero attached hydrogens (tertiary/aromatic N) is 2. The number of para-hydroxylation sites is 2. The maximum absolute atomic E-state index is 6.38. The Morgan fingerprint density at radius 3 is 2.44 bits per heavy atom. The van der Waals surface area contributed by atoms with Crippen LogP contribution in [0.1, 0.15) is 23.9 Å². The number of aromatic nitrogens is 2. The van der Waals surface area contributed by atoms with Gasteiger partial charge >= 0.3 is 0 Å². The standard InChI is InChI=1S/C23H21ClN2O/c1-2-17-11-13-19(14-12-17)27-16-23-25-21-9-5-6-10-22(21)26(23)15-18-7-3-4-8-20(18)24/h3-14H,2,15-16H2,1H3. The van der Waals surface area contributed by atoms with Crippen molar-refractivity contribution in [1.29, 1.82) is 0 Å². The van der Waals surface area contributed by atoms with Crippen LogP contribution in [0, 0.1) is 0 Å². The molecule has 0 spiro atoms. The van der Waals surface area contributed by atoms with Crippen molar-refractivity contribution in [2.24, 2.45) is 0 Å². The summed E-state index contributed by atoms with van der Waals surface area (Å²) in [6.07, 6.45) is 1.02. The third-order valence-electron chi connectivity index (χ3n) is 4.72. The zero-order valence-corrected chi connectivity index (χ0v) is 16.0. The maximum Gasteiger partial charge on any atom is 0.148 e.